The third kappa shape index (κ3) is 8.22. The Labute approximate surface area is 175 Å². The molecule has 1 rings (SSSR count). The summed E-state index contributed by atoms with van der Waals surface area (Å²) in [4.78, 5) is 10.4. The molecule has 2 unspecified atom stereocenters. The molecular formula is C24H36O5. The average molecular weight is 405 g/mol. The van der Waals surface area contributed by atoms with Gasteiger partial charge in [0.1, 0.15) is 17.3 Å². The molecule has 5 heteroatoms. The highest BCUT2D eigenvalue weighted by molar-refractivity contribution is 5.41. The van der Waals surface area contributed by atoms with Crippen LogP contribution in [0.4, 0.5) is 0 Å². The Morgan fingerprint density at radius 2 is 1.86 bits per heavy atom. The first-order valence-electron chi connectivity index (χ1n) is 10.2. The highest BCUT2D eigenvalue weighted by atomic mass is 16.5. The Morgan fingerprint density at radius 3 is 2.45 bits per heavy atom. The van der Waals surface area contributed by atoms with E-state index >= 15 is 0 Å². The largest absolute Gasteiger partial charge is 0.508 e. The molecule has 0 aliphatic rings. The Hall–Kier alpha value is -2.43. The van der Waals surface area contributed by atoms with Crippen molar-refractivity contribution in [2.24, 2.45) is 11.8 Å². The fourth-order valence-corrected chi connectivity index (χ4v) is 2.86. The van der Waals surface area contributed by atoms with Gasteiger partial charge in [0, 0.05) is 12.0 Å². The van der Waals surface area contributed by atoms with E-state index in [4.69, 9.17) is 14.2 Å². The molecule has 0 amide bonds. The van der Waals surface area contributed by atoms with Gasteiger partial charge in [-0.3, -0.25) is 4.79 Å². The van der Waals surface area contributed by atoms with Crippen molar-refractivity contribution < 1.29 is 24.1 Å². The number of hydrogen-bond acceptors (Lipinski definition) is 5. The summed E-state index contributed by atoms with van der Waals surface area (Å²) in [5.41, 5.74) is 3.12. The van der Waals surface area contributed by atoms with Gasteiger partial charge in [-0.2, -0.15) is 0 Å². The third-order valence-electron chi connectivity index (χ3n) is 5.12. The van der Waals surface area contributed by atoms with E-state index < -0.39 is 6.10 Å². The number of aliphatic hydroxyl groups is 1. The molecule has 0 heterocycles. The van der Waals surface area contributed by atoms with Crippen molar-refractivity contribution in [1.29, 1.82) is 0 Å². The zero-order valence-electron chi connectivity index (χ0n) is 18.8. The lowest BCUT2D eigenvalue weighted by Gasteiger charge is -2.18. The van der Waals surface area contributed by atoms with Crippen LogP contribution in [-0.2, 0) is 16.0 Å². The second-order valence-electron chi connectivity index (χ2n) is 7.93. The highest BCUT2D eigenvalue weighted by Crippen LogP contribution is 2.28. The Morgan fingerprint density at radius 1 is 1.17 bits per heavy atom. The van der Waals surface area contributed by atoms with Gasteiger partial charge in [0.2, 0.25) is 0 Å². The molecule has 0 bridgehead atoms. The van der Waals surface area contributed by atoms with Gasteiger partial charge < -0.3 is 19.3 Å². The van der Waals surface area contributed by atoms with Crippen LogP contribution in [0.1, 0.15) is 53.5 Å². The van der Waals surface area contributed by atoms with E-state index in [-0.39, 0.29) is 11.7 Å². The summed E-state index contributed by atoms with van der Waals surface area (Å²) in [6.45, 7) is 12.8. The predicted molar refractivity (Wildman–Crippen MR) is 117 cm³/mol. The molecule has 162 valence electrons. The van der Waals surface area contributed by atoms with E-state index in [1.807, 2.05) is 39.0 Å². The zero-order valence-corrected chi connectivity index (χ0v) is 18.8. The summed E-state index contributed by atoms with van der Waals surface area (Å²) in [6.07, 6.45) is 3.24. The van der Waals surface area contributed by atoms with Crippen molar-refractivity contribution in [3.05, 3.63) is 46.7 Å². The first-order valence-corrected chi connectivity index (χ1v) is 10.2. The molecule has 1 aromatic carbocycles. The molecule has 0 saturated carbocycles. The van der Waals surface area contributed by atoms with Gasteiger partial charge in [-0.15, -0.1) is 0 Å². The van der Waals surface area contributed by atoms with Crippen molar-refractivity contribution in [3.8, 4) is 11.5 Å². The van der Waals surface area contributed by atoms with E-state index in [0.29, 0.717) is 24.7 Å². The SMILES string of the molecule is COc1cc(OC(C)/C(O)=C\C(C)=C(\C)C(C)COC=O)ccc1CCC(C)C. The van der Waals surface area contributed by atoms with E-state index in [0.717, 1.165) is 35.3 Å². The van der Waals surface area contributed by atoms with Gasteiger partial charge in [0.15, 0.2) is 6.10 Å². The molecule has 5 nitrogen and oxygen atoms in total. The van der Waals surface area contributed by atoms with Gasteiger partial charge in [0.25, 0.3) is 6.47 Å². The summed E-state index contributed by atoms with van der Waals surface area (Å²) < 4.78 is 16.3. The molecule has 0 aliphatic carbocycles. The fourth-order valence-electron chi connectivity index (χ4n) is 2.86. The summed E-state index contributed by atoms with van der Waals surface area (Å²) in [5, 5.41) is 10.5. The van der Waals surface area contributed by atoms with Crippen LogP contribution in [0.25, 0.3) is 0 Å². The van der Waals surface area contributed by atoms with Gasteiger partial charge >= 0.3 is 0 Å². The topological polar surface area (TPSA) is 65.0 Å². The predicted octanol–water partition coefficient (Wildman–Crippen LogP) is 5.64. The molecule has 0 fully saturated rings. The second-order valence-corrected chi connectivity index (χ2v) is 7.93. The normalized spacial score (nSPS) is 14.8. The van der Waals surface area contributed by atoms with Crippen LogP contribution in [0, 0.1) is 11.8 Å². The second kappa shape index (κ2) is 12.2. The average Bonchev–Trinajstić information content (AvgIpc) is 2.69. The van der Waals surface area contributed by atoms with Crippen LogP contribution in [0.3, 0.4) is 0 Å². The maximum Gasteiger partial charge on any atom is 0.293 e. The number of aryl methyl sites for hydroxylation is 1. The van der Waals surface area contributed by atoms with Crippen molar-refractivity contribution in [2.45, 2.75) is 60.5 Å². The highest BCUT2D eigenvalue weighted by Gasteiger charge is 2.14. The molecule has 1 aromatic rings. The van der Waals surface area contributed by atoms with Crippen molar-refractivity contribution in [3.63, 3.8) is 0 Å². The van der Waals surface area contributed by atoms with E-state index in [1.165, 1.54) is 0 Å². The molecule has 0 spiro atoms. The summed E-state index contributed by atoms with van der Waals surface area (Å²) in [5.74, 6) is 2.28. The number of ether oxygens (including phenoxy) is 3. The van der Waals surface area contributed by atoms with Crippen LogP contribution in [-0.4, -0.2) is 31.4 Å². The van der Waals surface area contributed by atoms with Crippen LogP contribution < -0.4 is 9.47 Å². The van der Waals surface area contributed by atoms with Crippen LogP contribution >= 0.6 is 0 Å². The summed E-state index contributed by atoms with van der Waals surface area (Å²) >= 11 is 0. The monoisotopic (exact) mass is 404 g/mol. The molecule has 1 N–H and O–H groups in total. The molecule has 29 heavy (non-hydrogen) atoms. The van der Waals surface area contributed by atoms with Crippen molar-refractivity contribution in [2.75, 3.05) is 13.7 Å². The van der Waals surface area contributed by atoms with Crippen molar-refractivity contribution in [1.82, 2.24) is 0 Å². The number of hydrogen-bond donors (Lipinski definition) is 1. The molecular weight excluding hydrogens is 368 g/mol. The minimum absolute atomic E-state index is 0.0723. The van der Waals surface area contributed by atoms with E-state index in [1.54, 1.807) is 20.1 Å². The quantitative estimate of drug-likeness (QED) is 0.277. The number of carbonyl (C=O) groups is 1. The molecule has 0 aromatic heterocycles. The first-order chi connectivity index (χ1) is 13.7. The minimum Gasteiger partial charge on any atom is -0.508 e. The number of allylic oxidation sites excluding steroid dienone is 2. The number of benzene rings is 1. The lowest BCUT2D eigenvalue weighted by Crippen LogP contribution is -2.15. The zero-order chi connectivity index (χ0) is 22.0. The summed E-state index contributed by atoms with van der Waals surface area (Å²) in [6, 6.07) is 5.80. The molecule has 0 radical (unpaired) electrons. The maximum atomic E-state index is 10.5. The van der Waals surface area contributed by atoms with E-state index in [9.17, 15) is 9.90 Å². The third-order valence-corrected chi connectivity index (χ3v) is 5.12. The van der Waals surface area contributed by atoms with Gasteiger partial charge in [-0.25, -0.2) is 0 Å². The van der Waals surface area contributed by atoms with Crippen LogP contribution in [0.15, 0.2) is 41.2 Å². The van der Waals surface area contributed by atoms with Crippen molar-refractivity contribution >= 4 is 6.47 Å². The molecule has 0 saturated heterocycles. The van der Waals surface area contributed by atoms with E-state index in [2.05, 4.69) is 13.8 Å². The fraction of sp³-hybridized carbons (Fsp3) is 0.542. The minimum atomic E-state index is -0.509. The number of rotatable bonds is 12. The number of carbonyl (C=O) groups excluding carboxylic acids is 1. The van der Waals surface area contributed by atoms with Gasteiger partial charge in [-0.05, 0) is 62.8 Å². The van der Waals surface area contributed by atoms with Gasteiger partial charge in [-0.1, -0.05) is 32.4 Å². The summed E-state index contributed by atoms with van der Waals surface area (Å²) in [7, 11) is 1.66. The maximum absolute atomic E-state index is 10.5. The lowest BCUT2D eigenvalue weighted by molar-refractivity contribution is -0.129. The Bertz CT molecular complexity index is 718. The van der Waals surface area contributed by atoms with Gasteiger partial charge in [0.05, 0.1) is 13.7 Å². The molecule has 2 atom stereocenters. The lowest BCUT2D eigenvalue weighted by atomic mass is 9.98. The Kier molecular flexibility index (Phi) is 10.4. The number of methoxy groups -OCH3 is 1. The Balaban J connectivity index is 2.87. The van der Waals surface area contributed by atoms with Crippen LogP contribution in [0.5, 0.6) is 11.5 Å². The number of aliphatic hydroxyl groups excluding tert-OH is 1. The standard InChI is InChI=1S/C24H36O5/c1-16(2)8-9-21-10-11-22(13-24(21)27-7)29-20(6)23(26)12-17(3)19(5)18(4)14-28-15-25/h10-13,15-16,18,20,26H,8-9,14H2,1-7H3/b19-17-,23-12+. The van der Waals surface area contributed by atoms with Crippen LogP contribution in [0.2, 0.25) is 0 Å². The first kappa shape index (κ1) is 24.6. The molecule has 0 aliphatic heterocycles. The smallest absolute Gasteiger partial charge is 0.293 e.